The van der Waals surface area contributed by atoms with Crippen molar-refractivity contribution in [3.05, 3.63) is 34.6 Å². The molecule has 1 fully saturated rings. The van der Waals surface area contributed by atoms with E-state index in [0.717, 1.165) is 13.1 Å². The molecular formula is C14H18ClFN2O2. The van der Waals surface area contributed by atoms with Crippen LogP contribution in [-0.2, 0) is 16.0 Å². The highest BCUT2D eigenvalue weighted by atomic mass is 35.5. The highest BCUT2D eigenvalue weighted by Gasteiger charge is 2.19. The summed E-state index contributed by atoms with van der Waals surface area (Å²) in [6, 6.07) is 4.39. The van der Waals surface area contributed by atoms with E-state index in [2.05, 4.69) is 10.2 Å². The van der Waals surface area contributed by atoms with Crippen molar-refractivity contribution in [3.63, 3.8) is 0 Å². The smallest absolute Gasteiger partial charge is 0.224 e. The Morgan fingerprint density at radius 3 is 3.10 bits per heavy atom. The Morgan fingerprint density at radius 1 is 1.60 bits per heavy atom. The number of halogens is 2. The van der Waals surface area contributed by atoms with Crippen molar-refractivity contribution < 1.29 is 13.9 Å². The van der Waals surface area contributed by atoms with Gasteiger partial charge in [0.1, 0.15) is 5.82 Å². The SMILES string of the molecule is CN1CCO[C@@H](CNC(=O)Cc2c(F)cccc2Cl)C1. The molecule has 1 aromatic carbocycles. The van der Waals surface area contributed by atoms with E-state index in [1.165, 1.54) is 12.1 Å². The van der Waals surface area contributed by atoms with E-state index in [1.807, 2.05) is 7.05 Å². The van der Waals surface area contributed by atoms with E-state index < -0.39 is 5.82 Å². The first-order chi connectivity index (χ1) is 9.56. The third-order valence-corrected chi connectivity index (χ3v) is 3.62. The second-order valence-corrected chi connectivity index (χ2v) is 5.34. The molecule has 1 N–H and O–H groups in total. The van der Waals surface area contributed by atoms with Crippen molar-refractivity contribution in [3.8, 4) is 0 Å². The van der Waals surface area contributed by atoms with Crippen LogP contribution in [0.4, 0.5) is 4.39 Å². The summed E-state index contributed by atoms with van der Waals surface area (Å²) in [5, 5.41) is 3.03. The number of nitrogens with zero attached hydrogens (tertiary/aromatic N) is 1. The van der Waals surface area contributed by atoms with Crippen LogP contribution in [0, 0.1) is 5.82 Å². The lowest BCUT2D eigenvalue weighted by Gasteiger charge is -2.30. The third kappa shape index (κ3) is 4.16. The molecule has 1 saturated heterocycles. The van der Waals surface area contributed by atoms with E-state index in [1.54, 1.807) is 6.07 Å². The number of carbonyl (C=O) groups excluding carboxylic acids is 1. The summed E-state index contributed by atoms with van der Waals surface area (Å²) in [6.45, 7) is 2.77. The van der Waals surface area contributed by atoms with Gasteiger partial charge in [0, 0.05) is 30.2 Å². The Labute approximate surface area is 122 Å². The van der Waals surface area contributed by atoms with E-state index >= 15 is 0 Å². The maximum absolute atomic E-state index is 13.6. The Balaban J connectivity index is 1.83. The zero-order valence-corrected chi connectivity index (χ0v) is 12.1. The summed E-state index contributed by atoms with van der Waals surface area (Å²) in [5.41, 5.74) is 0.230. The second-order valence-electron chi connectivity index (χ2n) is 4.94. The van der Waals surface area contributed by atoms with Crippen LogP contribution >= 0.6 is 11.6 Å². The minimum Gasteiger partial charge on any atom is -0.374 e. The predicted molar refractivity (Wildman–Crippen MR) is 75.4 cm³/mol. The molecule has 2 rings (SSSR count). The lowest BCUT2D eigenvalue weighted by molar-refractivity contribution is -0.121. The molecule has 4 nitrogen and oxygen atoms in total. The molecule has 0 spiro atoms. The van der Waals surface area contributed by atoms with Crippen molar-refractivity contribution in [1.82, 2.24) is 10.2 Å². The van der Waals surface area contributed by atoms with Crippen LogP contribution in [0.25, 0.3) is 0 Å². The fourth-order valence-electron chi connectivity index (χ4n) is 2.14. The second kappa shape index (κ2) is 7.02. The quantitative estimate of drug-likeness (QED) is 0.915. The van der Waals surface area contributed by atoms with Crippen LogP contribution in [0.1, 0.15) is 5.56 Å². The first-order valence-electron chi connectivity index (χ1n) is 6.56. The van der Waals surface area contributed by atoms with Gasteiger partial charge in [-0.1, -0.05) is 17.7 Å². The lowest BCUT2D eigenvalue weighted by Crippen LogP contribution is -2.46. The molecule has 1 aliphatic rings. The molecule has 20 heavy (non-hydrogen) atoms. The molecule has 1 atom stereocenters. The summed E-state index contributed by atoms with van der Waals surface area (Å²) in [6.07, 6.45) is -0.0811. The Kier molecular flexibility index (Phi) is 5.34. The molecule has 1 aromatic rings. The van der Waals surface area contributed by atoms with Crippen LogP contribution in [0.2, 0.25) is 5.02 Å². The van der Waals surface area contributed by atoms with E-state index in [0.29, 0.717) is 13.2 Å². The maximum atomic E-state index is 13.6. The summed E-state index contributed by atoms with van der Waals surface area (Å²) in [7, 11) is 2.01. The molecule has 110 valence electrons. The van der Waals surface area contributed by atoms with Gasteiger partial charge in [-0.3, -0.25) is 4.79 Å². The summed E-state index contributed by atoms with van der Waals surface area (Å²) in [5.74, 6) is -0.713. The number of carbonyl (C=O) groups is 1. The highest BCUT2D eigenvalue weighted by Crippen LogP contribution is 2.19. The Morgan fingerprint density at radius 2 is 2.40 bits per heavy atom. The lowest BCUT2D eigenvalue weighted by atomic mass is 10.1. The van der Waals surface area contributed by atoms with Gasteiger partial charge >= 0.3 is 0 Å². The van der Waals surface area contributed by atoms with Gasteiger partial charge in [0.15, 0.2) is 0 Å². The number of nitrogens with one attached hydrogen (secondary N) is 1. The molecule has 0 radical (unpaired) electrons. The molecule has 1 aliphatic heterocycles. The van der Waals surface area contributed by atoms with Gasteiger partial charge < -0.3 is 15.0 Å². The number of morpholine rings is 1. The molecule has 0 bridgehead atoms. The summed E-state index contributed by atoms with van der Waals surface area (Å²) < 4.78 is 19.1. The topological polar surface area (TPSA) is 41.6 Å². The molecule has 0 unspecified atom stereocenters. The monoisotopic (exact) mass is 300 g/mol. The molecule has 0 aromatic heterocycles. The van der Waals surface area contributed by atoms with E-state index in [4.69, 9.17) is 16.3 Å². The van der Waals surface area contributed by atoms with Crippen molar-refractivity contribution in [1.29, 1.82) is 0 Å². The molecule has 6 heteroatoms. The molecule has 1 heterocycles. The largest absolute Gasteiger partial charge is 0.374 e. The van der Waals surface area contributed by atoms with Gasteiger partial charge in [0.05, 0.1) is 19.1 Å². The van der Waals surface area contributed by atoms with Crippen molar-refractivity contribution in [2.24, 2.45) is 0 Å². The minimum atomic E-state index is -0.457. The molecule has 0 aliphatic carbocycles. The average Bonchev–Trinajstić information content (AvgIpc) is 2.41. The zero-order chi connectivity index (χ0) is 14.5. The molecular weight excluding hydrogens is 283 g/mol. The summed E-state index contributed by atoms with van der Waals surface area (Å²) >= 11 is 5.89. The minimum absolute atomic E-state index is 0.0196. The van der Waals surface area contributed by atoms with Gasteiger partial charge in [-0.15, -0.1) is 0 Å². The fourth-order valence-corrected chi connectivity index (χ4v) is 2.37. The molecule has 0 saturated carbocycles. The predicted octanol–water partition coefficient (Wildman–Crippen LogP) is 1.47. The van der Waals surface area contributed by atoms with Crippen LogP contribution in [0.15, 0.2) is 18.2 Å². The highest BCUT2D eigenvalue weighted by molar-refractivity contribution is 6.31. The van der Waals surface area contributed by atoms with Gasteiger partial charge in [-0.05, 0) is 19.2 Å². The number of hydrogen-bond donors (Lipinski definition) is 1. The van der Waals surface area contributed by atoms with Crippen LogP contribution in [0.3, 0.4) is 0 Å². The first-order valence-corrected chi connectivity index (χ1v) is 6.94. The number of likely N-dealkylation sites (N-methyl/N-ethyl adjacent to an activating group) is 1. The number of hydrogen-bond acceptors (Lipinski definition) is 3. The van der Waals surface area contributed by atoms with Gasteiger partial charge in [0.2, 0.25) is 5.91 Å². The number of amides is 1. The number of ether oxygens (including phenoxy) is 1. The van der Waals surface area contributed by atoms with Gasteiger partial charge in [-0.2, -0.15) is 0 Å². The number of benzene rings is 1. The maximum Gasteiger partial charge on any atom is 0.224 e. The Hall–Kier alpha value is -1.17. The normalized spacial score (nSPS) is 19.9. The first kappa shape index (κ1) is 15.2. The average molecular weight is 301 g/mol. The number of rotatable bonds is 4. The standard InChI is InChI=1S/C14H18ClFN2O2/c1-18-5-6-20-10(9-18)8-17-14(19)7-11-12(15)3-2-4-13(11)16/h2-4,10H,5-9H2,1H3,(H,17,19)/t10-/m0/s1. The van der Waals surface area contributed by atoms with E-state index in [9.17, 15) is 9.18 Å². The van der Waals surface area contributed by atoms with Crippen LogP contribution < -0.4 is 5.32 Å². The van der Waals surface area contributed by atoms with Crippen molar-refractivity contribution in [2.75, 3.05) is 33.3 Å². The van der Waals surface area contributed by atoms with Gasteiger partial charge in [-0.25, -0.2) is 4.39 Å². The van der Waals surface area contributed by atoms with Crippen molar-refractivity contribution in [2.45, 2.75) is 12.5 Å². The van der Waals surface area contributed by atoms with Crippen molar-refractivity contribution >= 4 is 17.5 Å². The molecule has 1 amide bonds. The zero-order valence-electron chi connectivity index (χ0n) is 11.4. The fraction of sp³-hybridized carbons (Fsp3) is 0.500. The summed E-state index contributed by atoms with van der Waals surface area (Å²) in [4.78, 5) is 14.0. The van der Waals surface area contributed by atoms with E-state index in [-0.39, 0.29) is 29.0 Å². The van der Waals surface area contributed by atoms with Crippen LogP contribution in [-0.4, -0.2) is 50.2 Å². The third-order valence-electron chi connectivity index (χ3n) is 3.27. The van der Waals surface area contributed by atoms with Crippen LogP contribution in [0.5, 0.6) is 0 Å². The van der Waals surface area contributed by atoms with Gasteiger partial charge in [0.25, 0.3) is 0 Å². The Bertz CT molecular complexity index is 464.